The van der Waals surface area contributed by atoms with Crippen molar-refractivity contribution in [2.75, 3.05) is 26.4 Å². The molecule has 1 rings (SSSR count). The fourth-order valence-corrected chi connectivity index (χ4v) is 4.16. The van der Waals surface area contributed by atoms with Crippen LogP contribution in [0.15, 0.2) is 22.3 Å². The van der Waals surface area contributed by atoms with Crippen molar-refractivity contribution in [1.29, 1.82) is 0 Å². The Morgan fingerprint density at radius 3 is 1.44 bits per heavy atom. The lowest BCUT2D eigenvalue weighted by Gasteiger charge is -2.37. The molecule has 0 fully saturated rings. The summed E-state index contributed by atoms with van der Waals surface area (Å²) in [6.45, 7) is 18.0. The summed E-state index contributed by atoms with van der Waals surface area (Å²) in [5.74, 6) is 0.130. The molecule has 1 aliphatic rings. The maximum absolute atomic E-state index is 13.5. The van der Waals surface area contributed by atoms with Gasteiger partial charge < -0.3 is 18.9 Å². The molecule has 1 aliphatic carbocycles. The van der Waals surface area contributed by atoms with E-state index in [1.807, 2.05) is 41.5 Å². The average molecular weight is 383 g/mol. The van der Waals surface area contributed by atoms with E-state index in [1.54, 1.807) is 0 Å². The molecule has 5 nitrogen and oxygen atoms in total. The smallest absolute Gasteiger partial charge is 0.169 e. The van der Waals surface area contributed by atoms with Crippen molar-refractivity contribution in [2.45, 2.75) is 80.8 Å². The Kier molecular flexibility index (Phi) is 9.88. The first kappa shape index (κ1) is 24.0. The average Bonchev–Trinajstić information content (AvgIpc) is 2.77. The van der Waals surface area contributed by atoms with Gasteiger partial charge in [-0.3, -0.25) is 4.79 Å². The van der Waals surface area contributed by atoms with Crippen LogP contribution < -0.4 is 0 Å². The number of ether oxygens (including phenoxy) is 4. The van der Waals surface area contributed by atoms with Crippen molar-refractivity contribution in [3.63, 3.8) is 0 Å². The molecular formula is C22H38O5. The van der Waals surface area contributed by atoms with E-state index < -0.39 is 18.0 Å². The largest absolute Gasteiger partial charge is 0.353 e. The summed E-state index contributed by atoms with van der Waals surface area (Å²) >= 11 is 0. The molecule has 0 saturated carbocycles. The number of carbonyl (C=O) groups excluding carboxylic acids is 1. The van der Waals surface area contributed by atoms with Crippen LogP contribution in [-0.2, 0) is 23.7 Å². The Labute approximate surface area is 165 Å². The van der Waals surface area contributed by atoms with E-state index in [1.165, 1.54) is 0 Å². The monoisotopic (exact) mass is 382 g/mol. The van der Waals surface area contributed by atoms with Crippen molar-refractivity contribution < 1.29 is 23.7 Å². The highest BCUT2D eigenvalue weighted by Crippen LogP contribution is 2.51. The van der Waals surface area contributed by atoms with Gasteiger partial charge in [-0.15, -0.1) is 0 Å². The third-order valence-corrected chi connectivity index (χ3v) is 5.13. The van der Waals surface area contributed by atoms with Crippen molar-refractivity contribution in [3.8, 4) is 0 Å². The van der Waals surface area contributed by atoms with Crippen LogP contribution in [0.1, 0.15) is 68.2 Å². The SMILES string of the molecule is CCOC(CC1(CC(OCC)OCC)C(=O)C(C)=C(C)C1=C(C)C)OCC. The number of hydrogen-bond acceptors (Lipinski definition) is 5. The van der Waals surface area contributed by atoms with Gasteiger partial charge in [-0.05, 0) is 72.1 Å². The number of allylic oxidation sites excluding steroid dienone is 4. The fraction of sp³-hybridized carbons (Fsp3) is 0.773. The fourth-order valence-electron chi connectivity index (χ4n) is 4.16. The van der Waals surface area contributed by atoms with Gasteiger partial charge in [-0.25, -0.2) is 0 Å². The van der Waals surface area contributed by atoms with E-state index in [0.29, 0.717) is 39.3 Å². The highest BCUT2D eigenvalue weighted by molar-refractivity contribution is 6.07. The Morgan fingerprint density at radius 2 is 1.15 bits per heavy atom. The van der Waals surface area contributed by atoms with Gasteiger partial charge in [0.1, 0.15) is 0 Å². The van der Waals surface area contributed by atoms with E-state index in [-0.39, 0.29) is 5.78 Å². The molecule has 0 atom stereocenters. The molecule has 27 heavy (non-hydrogen) atoms. The van der Waals surface area contributed by atoms with E-state index >= 15 is 0 Å². The van der Waals surface area contributed by atoms with E-state index in [0.717, 1.165) is 22.3 Å². The van der Waals surface area contributed by atoms with Gasteiger partial charge in [0, 0.05) is 39.3 Å². The minimum Gasteiger partial charge on any atom is -0.353 e. The Morgan fingerprint density at radius 1 is 0.778 bits per heavy atom. The van der Waals surface area contributed by atoms with Crippen molar-refractivity contribution in [1.82, 2.24) is 0 Å². The lowest BCUT2D eigenvalue weighted by Crippen LogP contribution is -2.40. The van der Waals surface area contributed by atoms with Crippen LogP contribution in [0.2, 0.25) is 0 Å². The first-order valence-corrected chi connectivity index (χ1v) is 10.2. The van der Waals surface area contributed by atoms with Crippen LogP contribution in [0.5, 0.6) is 0 Å². The summed E-state index contributed by atoms with van der Waals surface area (Å²) in [6, 6.07) is 0. The molecule has 156 valence electrons. The highest BCUT2D eigenvalue weighted by Gasteiger charge is 2.51. The highest BCUT2D eigenvalue weighted by atomic mass is 16.7. The lowest BCUT2D eigenvalue weighted by molar-refractivity contribution is -0.179. The van der Waals surface area contributed by atoms with Crippen molar-refractivity contribution >= 4 is 5.78 Å². The second kappa shape index (κ2) is 11.1. The Balaban J connectivity index is 3.43. The number of hydrogen-bond donors (Lipinski definition) is 0. The number of Topliss-reactive ketones (excluding diaryl/α,β-unsaturated/α-hetero) is 1. The number of carbonyl (C=O) groups is 1. The van der Waals surface area contributed by atoms with Gasteiger partial charge in [0.25, 0.3) is 0 Å². The normalized spacial score (nSPS) is 17.0. The first-order valence-electron chi connectivity index (χ1n) is 10.2. The van der Waals surface area contributed by atoms with Crippen molar-refractivity contribution in [3.05, 3.63) is 22.3 Å². The molecule has 0 amide bonds. The molecule has 0 bridgehead atoms. The molecule has 0 spiro atoms. The quantitative estimate of drug-likeness (QED) is 0.454. The van der Waals surface area contributed by atoms with Crippen LogP contribution in [0.25, 0.3) is 0 Å². The first-order chi connectivity index (χ1) is 12.8. The second-order valence-corrected chi connectivity index (χ2v) is 7.12. The van der Waals surface area contributed by atoms with Crippen LogP contribution in [0.3, 0.4) is 0 Å². The minimum absolute atomic E-state index is 0.130. The summed E-state index contributed by atoms with van der Waals surface area (Å²) in [7, 11) is 0. The zero-order valence-corrected chi connectivity index (χ0v) is 18.4. The standard InChI is InChI=1S/C22H38O5/c1-9-24-18(25-10-2)13-22(14-19(26-11-3)27-12-4)20(15(5)6)16(7)17(8)21(22)23/h18-19H,9-14H2,1-8H3. The van der Waals surface area contributed by atoms with E-state index in [2.05, 4.69) is 13.8 Å². The molecule has 0 saturated heterocycles. The van der Waals surface area contributed by atoms with Crippen LogP contribution in [0.4, 0.5) is 0 Å². The summed E-state index contributed by atoms with van der Waals surface area (Å²) < 4.78 is 23.3. The number of ketones is 1. The van der Waals surface area contributed by atoms with Crippen LogP contribution in [-0.4, -0.2) is 44.8 Å². The van der Waals surface area contributed by atoms with Crippen molar-refractivity contribution in [2.24, 2.45) is 5.41 Å². The molecule has 5 heteroatoms. The Bertz CT molecular complexity index is 527. The van der Waals surface area contributed by atoms with E-state index in [9.17, 15) is 4.79 Å². The van der Waals surface area contributed by atoms with Gasteiger partial charge in [0.05, 0.1) is 5.41 Å². The molecule has 0 N–H and O–H groups in total. The molecule has 0 radical (unpaired) electrons. The topological polar surface area (TPSA) is 54.0 Å². The van der Waals surface area contributed by atoms with E-state index in [4.69, 9.17) is 18.9 Å². The van der Waals surface area contributed by atoms with Gasteiger partial charge >= 0.3 is 0 Å². The molecule has 0 unspecified atom stereocenters. The summed E-state index contributed by atoms with van der Waals surface area (Å²) in [6.07, 6.45) is 0.0282. The molecule has 0 aliphatic heterocycles. The van der Waals surface area contributed by atoms with Gasteiger partial charge in [-0.2, -0.15) is 0 Å². The van der Waals surface area contributed by atoms with Crippen LogP contribution >= 0.6 is 0 Å². The van der Waals surface area contributed by atoms with Gasteiger partial charge in [0.15, 0.2) is 18.4 Å². The zero-order chi connectivity index (χ0) is 20.6. The molecule has 0 aromatic carbocycles. The predicted octanol–water partition coefficient (Wildman–Crippen LogP) is 4.81. The Hall–Kier alpha value is -1.01. The zero-order valence-electron chi connectivity index (χ0n) is 18.4. The predicted molar refractivity (Wildman–Crippen MR) is 108 cm³/mol. The minimum atomic E-state index is -0.753. The molecular weight excluding hydrogens is 344 g/mol. The lowest BCUT2D eigenvalue weighted by atomic mass is 9.71. The third-order valence-electron chi connectivity index (χ3n) is 5.13. The van der Waals surface area contributed by atoms with Crippen LogP contribution in [0, 0.1) is 5.41 Å². The number of rotatable bonds is 12. The maximum Gasteiger partial charge on any atom is 0.169 e. The van der Waals surface area contributed by atoms with Gasteiger partial charge in [0.2, 0.25) is 0 Å². The third kappa shape index (κ3) is 5.50. The van der Waals surface area contributed by atoms with Gasteiger partial charge in [-0.1, -0.05) is 5.57 Å². The maximum atomic E-state index is 13.5. The molecule has 0 heterocycles. The summed E-state index contributed by atoms with van der Waals surface area (Å²) in [5, 5.41) is 0. The molecule has 0 aromatic heterocycles. The summed E-state index contributed by atoms with van der Waals surface area (Å²) in [5.41, 5.74) is 3.33. The second-order valence-electron chi connectivity index (χ2n) is 7.12. The molecule has 0 aromatic rings. The summed E-state index contributed by atoms with van der Waals surface area (Å²) in [4.78, 5) is 13.5.